The Kier molecular flexibility index (Phi) is 6.49. The van der Waals surface area contributed by atoms with Gasteiger partial charge in [-0.25, -0.2) is 4.98 Å². The molecule has 2 aliphatic heterocycles. The van der Waals surface area contributed by atoms with Crippen LogP contribution in [0, 0.1) is 6.92 Å². The number of amides is 1. The molecule has 0 spiro atoms. The van der Waals surface area contributed by atoms with E-state index >= 15 is 0 Å². The highest BCUT2D eigenvalue weighted by molar-refractivity contribution is 7.09. The Hall–Kier alpha value is -3.56. The Bertz CT molecular complexity index is 1460. The van der Waals surface area contributed by atoms with Crippen LogP contribution in [0.5, 0.6) is 5.75 Å². The van der Waals surface area contributed by atoms with Crippen LogP contribution in [0.1, 0.15) is 70.3 Å². The second-order valence-electron chi connectivity index (χ2n) is 10.4. The first-order valence-corrected chi connectivity index (χ1v) is 14.0. The van der Waals surface area contributed by atoms with Crippen LogP contribution in [0.4, 0.5) is 0 Å². The van der Waals surface area contributed by atoms with Gasteiger partial charge in [0.1, 0.15) is 10.8 Å². The van der Waals surface area contributed by atoms with Crippen molar-refractivity contribution in [2.75, 3.05) is 13.2 Å². The van der Waals surface area contributed by atoms with E-state index in [0.29, 0.717) is 48.2 Å². The fraction of sp³-hybridized carbons (Fsp3) is 0.379. The van der Waals surface area contributed by atoms with Crippen molar-refractivity contribution in [2.24, 2.45) is 5.73 Å². The van der Waals surface area contributed by atoms with Gasteiger partial charge in [-0.3, -0.25) is 4.79 Å². The first-order valence-electron chi connectivity index (χ1n) is 13.1. The molecule has 6 rings (SSSR count). The van der Waals surface area contributed by atoms with Gasteiger partial charge in [-0.15, -0.1) is 21.5 Å². The molecule has 0 saturated carbocycles. The van der Waals surface area contributed by atoms with E-state index in [-0.39, 0.29) is 11.9 Å². The SMILES string of the molecule is Cc1csc([C@H]2CCCN2C(=O)c2cc(-c3nnc([C@](C)(N)Cc4ccccc4)o3)cc3c2CCCO3)n1. The molecule has 1 saturated heterocycles. The number of nitrogens with zero attached hydrogens (tertiary/aromatic N) is 4. The third-order valence-electron chi connectivity index (χ3n) is 7.28. The molecule has 1 amide bonds. The molecule has 2 N–H and O–H groups in total. The number of aromatic nitrogens is 3. The van der Waals surface area contributed by atoms with Crippen LogP contribution >= 0.6 is 11.3 Å². The Labute approximate surface area is 225 Å². The minimum absolute atomic E-state index is 0.00330. The fourth-order valence-corrected chi connectivity index (χ4v) is 6.33. The summed E-state index contributed by atoms with van der Waals surface area (Å²) in [4.78, 5) is 20.7. The highest BCUT2D eigenvalue weighted by Gasteiger charge is 2.35. The lowest BCUT2D eigenvalue weighted by Crippen LogP contribution is -2.35. The summed E-state index contributed by atoms with van der Waals surface area (Å²) < 4.78 is 12.1. The lowest BCUT2D eigenvalue weighted by molar-refractivity contribution is 0.0733. The van der Waals surface area contributed by atoms with Crippen LogP contribution < -0.4 is 10.5 Å². The number of likely N-dealkylation sites (tertiary alicyclic amines) is 1. The molecule has 0 bridgehead atoms. The van der Waals surface area contributed by atoms with Crippen LogP contribution in [0.15, 0.2) is 52.3 Å². The number of aryl methyl sites for hydroxylation is 1. The third kappa shape index (κ3) is 4.72. The van der Waals surface area contributed by atoms with Crippen molar-refractivity contribution in [3.63, 3.8) is 0 Å². The van der Waals surface area contributed by atoms with Crippen LogP contribution in [0.25, 0.3) is 11.5 Å². The van der Waals surface area contributed by atoms with Crippen molar-refractivity contribution >= 4 is 17.2 Å². The second-order valence-corrected chi connectivity index (χ2v) is 11.3. The van der Waals surface area contributed by atoms with E-state index < -0.39 is 5.54 Å². The predicted octanol–water partition coefficient (Wildman–Crippen LogP) is 5.22. The van der Waals surface area contributed by atoms with Gasteiger partial charge >= 0.3 is 0 Å². The zero-order valence-electron chi connectivity index (χ0n) is 21.6. The molecule has 2 aromatic heterocycles. The molecule has 4 aromatic rings. The van der Waals surface area contributed by atoms with E-state index in [1.807, 2.05) is 66.6 Å². The molecule has 38 heavy (non-hydrogen) atoms. The van der Waals surface area contributed by atoms with Crippen molar-refractivity contribution in [2.45, 2.75) is 57.5 Å². The number of fused-ring (bicyclic) bond motifs is 1. The van der Waals surface area contributed by atoms with Gasteiger partial charge in [0.15, 0.2) is 0 Å². The number of carbonyl (C=O) groups is 1. The average molecular weight is 530 g/mol. The Morgan fingerprint density at radius 3 is 2.84 bits per heavy atom. The highest BCUT2D eigenvalue weighted by atomic mass is 32.1. The number of ether oxygens (including phenoxy) is 1. The van der Waals surface area contributed by atoms with Gasteiger partial charge < -0.3 is 19.8 Å². The number of hydrogen-bond acceptors (Lipinski definition) is 8. The fourth-order valence-electron chi connectivity index (χ4n) is 5.39. The summed E-state index contributed by atoms with van der Waals surface area (Å²) in [5.41, 5.74) is 10.1. The molecule has 9 heteroatoms. The van der Waals surface area contributed by atoms with E-state index in [1.165, 1.54) is 0 Å². The topological polar surface area (TPSA) is 107 Å². The number of benzene rings is 2. The lowest BCUT2D eigenvalue weighted by atomic mass is 9.94. The Morgan fingerprint density at radius 1 is 1.21 bits per heavy atom. The van der Waals surface area contributed by atoms with Gasteiger partial charge in [0, 0.05) is 34.3 Å². The summed E-state index contributed by atoms with van der Waals surface area (Å²) >= 11 is 1.62. The Morgan fingerprint density at radius 2 is 2.05 bits per heavy atom. The molecule has 196 valence electrons. The van der Waals surface area contributed by atoms with E-state index in [9.17, 15) is 4.79 Å². The smallest absolute Gasteiger partial charge is 0.254 e. The summed E-state index contributed by atoms with van der Waals surface area (Å²) in [6.07, 6.45) is 4.09. The van der Waals surface area contributed by atoms with Gasteiger partial charge in [0.05, 0.1) is 18.2 Å². The third-order valence-corrected chi connectivity index (χ3v) is 8.34. The van der Waals surface area contributed by atoms with Crippen LogP contribution in [0.2, 0.25) is 0 Å². The van der Waals surface area contributed by atoms with Gasteiger partial charge in [0.25, 0.3) is 5.91 Å². The molecule has 2 aliphatic rings. The molecule has 0 unspecified atom stereocenters. The van der Waals surface area contributed by atoms with Crippen molar-refractivity contribution < 1.29 is 13.9 Å². The molecule has 8 nitrogen and oxygen atoms in total. The molecule has 0 radical (unpaired) electrons. The minimum Gasteiger partial charge on any atom is -0.493 e. The number of hydrogen-bond donors (Lipinski definition) is 1. The molecule has 2 aromatic carbocycles. The van der Waals surface area contributed by atoms with E-state index in [1.54, 1.807) is 11.3 Å². The maximum absolute atomic E-state index is 14.0. The second kappa shape index (κ2) is 9.96. The summed E-state index contributed by atoms with van der Waals surface area (Å²) in [6, 6.07) is 13.8. The monoisotopic (exact) mass is 529 g/mol. The standard InChI is InChI=1S/C29H31N5O3S/c1-18-17-38-26(31-18)23-11-6-12-34(23)27(35)22-14-20(15-24-21(22)10-7-13-36-24)25-32-33-28(37-25)29(2,30)16-19-8-4-3-5-9-19/h3-5,8-9,14-15,17,23H,6-7,10-13,16,30H2,1-2H3/t23-,29-/m1/s1. The number of rotatable bonds is 6. The van der Waals surface area contributed by atoms with Crippen molar-refractivity contribution in [1.29, 1.82) is 0 Å². The molecular weight excluding hydrogens is 498 g/mol. The van der Waals surface area contributed by atoms with E-state index in [2.05, 4.69) is 15.2 Å². The van der Waals surface area contributed by atoms with Gasteiger partial charge in [0.2, 0.25) is 11.8 Å². The summed E-state index contributed by atoms with van der Waals surface area (Å²) in [7, 11) is 0. The minimum atomic E-state index is -0.843. The first kappa shape index (κ1) is 24.8. The first-order chi connectivity index (χ1) is 18.4. The number of thiazole rings is 1. The van der Waals surface area contributed by atoms with Gasteiger partial charge in [-0.05, 0) is 63.6 Å². The highest BCUT2D eigenvalue weighted by Crippen LogP contribution is 2.39. The van der Waals surface area contributed by atoms with Crippen molar-refractivity contribution in [1.82, 2.24) is 20.1 Å². The number of nitrogens with two attached hydrogens (primary N) is 1. The number of carbonyl (C=O) groups excluding carboxylic acids is 1. The molecule has 4 heterocycles. The average Bonchev–Trinajstić information content (AvgIpc) is 3.69. The normalized spacial score (nSPS) is 18.6. The van der Waals surface area contributed by atoms with E-state index in [0.717, 1.165) is 47.5 Å². The zero-order chi connectivity index (χ0) is 26.3. The summed E-state index contributed by atoms with van der Waals surface area (Å²) in [6.45, 7) is 5.19. The summed E-state index contributed by atoms with van der Waals surface area (Å²) in [5, 5.41) is 11.7. The molecule has 0 aliphatic carbocycles. The molecule has 2 atom stereocenters. The van der Waals surface area contributed by atoms with Crippen LogP contribution in [-0.2, 0) is 18.4 Å². The quantitative estimate of drug-likeness (QED) is 0.365. The maximum atomic E-state index is 14.0. The van der Waals surface area contributed by atoms with Crippen LogP contribution in [0.3, 0.4) is 0 Å². The largest absolute Gasteiger partial charge is 0.493 e. The zero-order valence-corrected chi connectivity index (χ0v) is 22.5. The van der Waals surface area contributed by atoms with Gasteiger partial charge in [-0.2, -0.15) is 0 Å². The molecule has 1 fully saturated rings. The van der Waals surface area contributed by atoms with Crippen molar-refractivity contribution in [3.8, 4) is 17.2 Å². The summed E-state index contributed by atoms with van der Waals surface area (Å²) in [5.74, 6) is 1.37. The van der Waals surface area contributed by atoms with Crippen LogP contribution in [-0.4, -0.2) is 39.1 Å². The predicted molar refractivity (Wildman–Crippen MR) is 145 cm³/mol. The van der Waals surface area contributed by atoms with Gasteiger partial charge in [-0.1, -0.05) is 30.3 Å². The van der Waals surface area contributed by atoms with E-state index in [4.69, 9.17) is 14.9 Å². The lowest BCUT2D eigenvalue weighted by Gasteiger charge is -2.27. The maximum Gasteiger partial charge on any atom is 0.254 e. The Balaban J connectivity index is 1.33. The molecular formula is C29H31N5O3S. The van der Waals surface area contributed by atoms with Crippen molar-refractivity contribution in [3.05, 3.63) is 81.1 Å².